The van der Waals surface area contributed by atoms with Crippen molar-refractivity contribution in [2.45, 2.75) is 13.3 Å². The molecule has 2 rings (SSSR count). The summed E-state index contributed by atoms with van der Waals surface area (Å²) in [6.07, 6.45) is 0.744. The lowest BCUT2D eigenvalue weighted by Gasteiger charge is -2.18. The topological polar surface area (TPSA) is 104 Å². The first kappa shape index (κ1) is 11.4. The highest BCUT2D eigenvalue weighted by Crippen LogP contribution is 2.15. The minimum Gasteiger partial charge on any atom is -0.382 e. The van der Waals surface area contributed by atoms with Crippen LogP contribution in [0.15, 0.2) is 0 Å². The summed E-state index contributed by atoms with van der Waals surface area (Å²) in [6, 6.07) is 0. The lowest BCUT2D eigenvalue weighted by molar-refractivity contribution is -0.121. The SMILES string of the molecule is Cc1[nH]nc(N)c1C(=O)N1CCCNC(=O)C1. The predicted molar refractivity (Wildman–Crippen MR) is 61.3 cm³/mol. The molecule has 0 saturated carbocycles. The number of hydrogen-bond acceptors (Lipinski definition) is 4. The third kappa shape index (κ3) is 2.22. The number of H-pyrrole nitrogens is 1. The molecular weight excluding hydrogens is 222 g/mol. The first-order valence-corrected chi connectivity index (χ1v) is 5.46. The molecule has 0 radical (unpaired) electrons. The molecule has 1 aromatic rings. The van der Waals surface area contributed by atoms with Crippen molar-refractivity contribution in [1.82, 2.24) is 20.4 Å². The van der Waals surface area contributed by atoms with Gasteiger partial charge in [0, 0.05) is 18.8 Å². The van der Waals surface area contributed by atoms with Crippen molar-refractivity contribution in [1.29, 1.82) is 0 Å². The molecule has 1 aliphatic rings. The maximum absolute atomic E-state index is 12.2. The van der Waals surface area contributed by atoms with Crippen LogP contribution in [-0.2, 0) is 4.79 Å². The van der Waals surface area contributed by atoms with Crippen LogP contribution < -0.4 is 11.1 Å². The van der Waals surface area contributed by atoms with E-state index in [9.17, 15) is 9.59 Å². The van der Waals surface area contributed by atoms with Crippen molar-refractivity contribution < 1.29 is 9.59 Å². The van der Waals surface area contributed by atoms with Crippen LogP contribution >= 0.6 is 0 Å². The Kier molecular flexibility index (Phi) is 2.99. The number of carbonyl (C=O) groups excluding carboxylic acids is 2. The lowest BCUT2D eigenvalue weighted by Crippen LogP contribution is -2.37. The van der Waals surface area contributed by atoms with Crippen LogP contribution in [0.2, 0.25) is 0 Å². The monoisotopic (exact) mass is 237 g/mol. The van der Waals surface area contributed by atoms with Crippen LogP contribution in [0.3, 0.4) is 0 Å². The van der Waals surface area contributed by atoms with Gasteiger partial charge in [-0.1, -0.05) is 0 Å². The van der Waals surface area contributed by atoms with E-state index >= 15 is 0 Å². The average molecular weight is 237 g/mol. The molecule has 0 unspecified atom stereocenters. The zero-order valence-corrected chi connectivity index (χ0v) is 9.62. The van der Waals surface area contributed by atoms with Gasteiger partial charge in [-0.3, -0.25) is 14.7 Å². The van der Waals surface area contributed by atoms with Crippen molar-refractivity contribution in [3.05, 3.63) is 11.3 Å². The van der Waals surface area contributed by atoms with Gasteiger partial charge in [-0.25, -0.2) is 0 Å². The zero-order valence-electron chi connectivity index (χ0n) is 9.62. The number of nitrogens with two attached hydrogens (primary N) is 1. The molecule has 0 aromatic carbocycles. The Labute approximate surface area is 98.4 Å². The Morgan fingerprint density at radius 1 is 1.53 bits per heavy atom. The Bertz CT molecular complexity index is 434. The number of aryl methyl sites for hydroxylation is 1. The molecule has 17 heavy (non-hydrogen) atoms. The van der Waals surface area contributed by atoms with Crippen molar-refractivity contribution in [3.8, 4) is 0 Å². The zero-order chi connectivity index (χ0) is 12.4. The molecule has 1 saturated heterocycles. The second-order valence-electron chi connectivity index (χ2n) is 4.04. The number of hydrogen-bond donors (Lipinski definition) is 3. The maximum atomic E-state index is 12.2. The van der Waals surface area contributed by atoms with E-state index < -0.39 is 0 Å². The number of nitrogens with zero attached hydrogens (tertiary/aromatic N) is 2. The summed E-state index contributed by atoms with van der Waals surface area (Å²) < 4.78 is 0. The molecule has 7 nitrogen and oxygen atoms in total. The normalized spacial score (nSPS) is 16.5. The summed E-state index contributed by atoms with van der Waals surface area (Å²) in [6.45, 7) is 2.95. The molecule has 1 aromatic heterocycles. The van der Waals surface area contributed by atoms with E-state index in [4.69, 9.17) is 5.73 Å². The van der Waals surface area contributed by atoms with Gasteiger partial charge in [-0.2, -0.15) is 5.10 Å². The van der Waals surface area contributed by atoms with Gasteiger partial charge in [0.05, 0.1) is 6.54 Å². The fourth-order valence-corrected chi connectivity index (χ4v) is 1.86. The molecule has 2 heterocycles. The van der Waals surface area contributed by atoms with Crippen molar-refractivity contribution in [2.24, 2.45) is 0 Å². The van der Waals surface area contributed by atoms with Gasteiger partial charge >= 0.3 is 0 Å². The Morgan fingerprint density at radius 2 is 2.29 bits per heavy atom. The molecule has 2 amide bonds. The summed E-state index contributed by atoms with van der Waals surface area (Å²) in [5.74, 6) is -0.210. The van der Waals surface area contributed by atoms with Crippen molar-refractivity contribution >= 4 is 17.6 Å². The van der Waals surface area contributed by atoms with Gasteiger partial charge in [0.1, 0.15) is 5.56 Å². The third-order valence-electron chi connectivity index (χ3n) is 2.74. The first-order chi connectivity index (χ1) is 8.09. The molecular formula is C10H15N5O2. The van der Waals surface area contributed by atoms with Gasteiger partial charge in [0.25, 0.3) is 5.91 Å². The fraction of sp³-hybridized carbons (Fsp3) is 0.500. The molecule has 7 heteroatoms. The van der Waals surface area contributed by atoms with Crippen LogP contribution in [0.1, 0.15) is 22.5 Å². The number of amides is 2. The van der Waals surface area contributed by atoms with Crippen molar-refractivity contribution in [2.75, 3.05) is 25.4 Å². The van der Waals surface area contributed by atoms with E-state index in [1.54, 1.807) is 6.92 Å². The molecule has 0 atom stereocenters. The number of aromatic amines is 1. The molecule has 1 aliphatic heterocycles. The van der Waals surface area contributed by atoms with Crippen LogP contribution in [0.5, 0.6) is 0 Å². The summed E-state index contributed by atoms with van der Waals surface area (Å²) >= 11 is 0. The molecule has 0 aliphatic carbocycles. The lowest BCUT2D eigenvalue weighted by atomic mass is 10.2. The summed E-state index contributed by atoms with van der Waals surface area (Å²) in [5.41, 5.74) is 6.62. The molecule has 0 spiro atoms. The number of nitrogen functional groups attached to an aromatic ring is 1. The number of rotatable bonds is 1. The van der Waals surface area contributed by atoms with E-state index in [2.05, 4.69) is 15.5 Å². The molecule has 92 valence electrons. The third-order valence-corrected chi connectivity index (χ3v) is 2.74. The number of nitrogens with one attached hydrogen (secondary N) is 2. The highest BCUT2D eigenvalue weighted by molar-refractivity contribution is 6.01. The number of aromatic nitrogens is 2. The number of carbonyl (C=O) groups is 2. The van der Waals surface area contributed by atoms with Crippen molar-refractivity contribution in [3.63, 3.8) is 0 Å². The minimum absolute atomic E-state index is 0.0723. The second-order valence-corrected chi connectivity index (χ2v) is 4.04. The summed E-state index contributed by atoms with van der Waals surface area (Å²) in [7, 11) is 0. The predicted octanol–water partition coefficient (Wildman–Crippen LogP) is -0.738. The summed E-state index contributed by atoms with van der Waals surface area (Å²) in [4.78, 5) is 25.1. The van der Waals surface area contributed by atoms with Crippen LogP contribution in [-0.4, -0.2) is 46.5 Å². The Morgan fingerprint density at radius 3 is 2.94 bits per heavy atom. The smallest absolute Gasteiger partial charge is 0.259 e. The average Bonchev–Trinajstić information content (AvgIpc) is 2.51. The van der Waals surface area contributed by atoms with Gasteiger partial charge in [-0.05, 0) is 13.3 Å². The van der Waals surface area contributed by atoms with E-state index in [0.29, 0.717) is 24.3 Å². The number of anilines is 1. The highest BCUT2D eigenvalue weighted by Gasteiger charge is 2.25. The second kappa shape index (κ2) is 4.44. The first-order valence-electron chi connectivity index (χ1n) is 5.46. The van der Waals surface area contributed by atoms with E-state index in [-0.39, 0.29) is 24.2 Å². The molecule has 0 bridgehead atoms. The van der Waals surface area contributed by atoms with Gasteiger partial charge in [0.15, 0.2) is 5.82 Å². The standard InChI is InChI=1S/C10H15N5O2/c1-6-8(9(11)14-13-6)10(17)15-4-2-3-12-7(16)5-15/h2-5H2,1H3,(H,12,16)(H3,11,13,14). The van der Waals surface area contributed by atoms with E-state index in [1.165, 1.54) is 4.90 Å². The fourth-order valence-electron chi connectivity index (χ4n) is 1.86. The highest BCUT2D eigenvalue weighted by atomic mass is 16.2. The largest absolute Gasteiger partial charge is 0.382 e. The van der Waals surface area contributed by atoms with Crippen LogP contribution in [0, 0.1) is 6.92 Å². The minimum atomic E-state index is -0.245. The van der Waals surface area contributed by atoms with E-state index in [1.807, 2.05) is 0 Å². The Balaban J connectivity index is 2.22. The van der Waals surface area contributed by atoms with Crippen LogP contribution in [0.25, 0.3) is 0 Å². The van der Waals surface area contributed by atoms with Gasteiger partial charge < -0.3 is 16.0 Å². The maximum Gasteiger partial charge on any atom is 0.259 e. The molecule has 1 fully saturated rings. The van der Waals surface area contributed by atoms with Gasteiger partial charge in [0.2, 0.25) is 5.91 Å². The van der Waals surface area contributed by atoms with E-state index in [0.717, 1.165) is 6.42 Å². The molecule has 4 N–H and O–H groups in total. The van der Waals surface area contributed by atoms with Gasteiger partial charge in [-0.15, -0.1) is 0 Å². The summed E-state index contributed by atoms with van der Waals surface area (Å²) in [5, 5.41) is 9.16. The Hall–Kier alpha value is -2.05. The van der Waals surface area contributed by atoms with Crippen LogP contribution in [0.4, 0.5) is 5.82 Å². The quantitative estimate of drug-likeness (QED) is 0.598.